The number of rotatable bonds is 5. The Kier molecular flexibility index (Phi) is 4.60. The fraction of sp³-hybridized carbons (Fsp3) is 0.800. The van der Waals surface area contributed by atoms with Gasteiger partial charge in [-0.25, -0.2) is 17.7 Å². The average Bonchev–Trinajstić information content (AvgIpc) is 3.27. The maximum Gasteiger partial charge on any atom is 0.217 e. The van der Waals surface area contributed by atoms with Gasteiger partial charge >= 0.3 is 0 Å². The van der Waals surface area contributed by atoms with Gasteiger partial charge in [-0.15, -0.1) is 11.3 Å². The molecular formula is C15H25N3O2S2. The Balaban J connectivity index is 1.65. The highest BCUT2D eigenvalue weighted by Gasteiger charge is 2.41. The number of likely N-dealkylation sites (tertiary alicyclic amines) is 1. The number of hydrogen-bond acceptors (Lipinski definition) is 5. The van der Waals surface area contributed by atoms with Crippen molar-refractivity contribution in [3.63, 3.8) is 0 Å². The highest BCUT2D eigenvalue weighted by atomic mass is 32.2. The van der Waals surface area contributed by atoms with E-state index in [2.05, 4.69) is 16.8 Å². The Hall–Kier alpha value is -0.500. The quantitative estimate of drug-likeness (QED) is 0.822. The molecule has 0 spiro atoms. The van der Waals surface area contributed by atoms with E-state index >= 15 is 0 Å². The van der Waals surface area contributed by atoms with Crippen LogP contribution in [-0.4, -0.2) is 54.0 Å². The van der Waals surface area contributed by atoms with Gasteiger partial charge in [-0.3, -0.25) is 4.90 Å². The normalized spacial score (nSPS) is 24.1. The number of hydrogen-bond donors (Lipinski definition) is 0. The van der Waals surface area contributed by atoms with E-state index in [4.69, 9.17) is 0 Å². The lowest BCUT2D eigenvalue weighted by molar-refractivity contribution is 0.154. The van der Waals surface area contributed by atoms with E-state index < -0.39 is 10.0 Å². The van der Waals surface area contributed by atoms with E-state index in [9.17, 15) is 8.42 Å². The van der Waals surface area contributed by atoms with Crippen molar-refractivity contribution in [1.82, 2.24) is 14.2 Å². The van der Waals surface area contributed by atoms with Crippen molar-refractivity contribution < 1.29 is 8.42 Å². The molecular weight excluding hydrogens is 318 g/mol. The van der Waals surface area contributed by atoms with E-state index in [-0.39, 0.29) is 11.3 Å². The molecule has 1 saturated carbocycles. The summed E-state index contributed by atoms with van der Waals surface area (Å²) in [4.78, 5) is 8.18. The van der Waals surface area contributed by atoms with Crippen LogP contribution < -0.4 is 0 Å². The summed E-state index contributed by atoms with van der Waals surface area (Å²) in [5.41, 5.74) is 1.11. The average molecular weight is 344 g/mol. The molecule has 1 aromatic rings. The van der Waals surface area contributed by atoms with Gasteiger partial charge in [0.25, 0.3) is 0 Å². The zero-order chi connectivity index (χ0) is 15.9. The molecule has 0 N–H and O–H groups in total. The van der Waals surface area contributed by atoms with E-state index in [0.29, 0.717) is 0 Å². The monoisotopic (exact) mass is 343 g/mol. The fourth-order valence-corrected chi connectivity index (χ4v) is 5.97. The Morgan fingerprint density at radius 1 is 1.32 bits per heavy atom. The van der Waals surface area contributed by atoms with Crippen LogP contribution in [0.1, 0.15) is 41.3 Å². The first-order valence-electron chi connectivity index (χ1n) is 8.00. The summed E-state index contributed by atoms with van der Waals surface area (Å²) in [6, 6.07) is 0.119. The molecule has 1 aliphatic heterocycles. The standard InChI is InChI=1S/C15H25N3O2S2/c1-11-15(21-12(2)16-11)10-18-8-4-5-13(9-18)17(3)22(19,20)14-6-7-14/h13-14H,4-10H2,1-3H3. The highest BCUT2D eigenvalue weighted by molar-refractivity contribution is 7.90. The summed E-state index contributed by atoms with van der Waals surface area (Å²) in [7, 11) is -1.30. The number of piperidine rings is 1. The van der Waals surface area contributed by atoms with Crippen LogP contribution in [-0.2, 0) is 16.6 Å². The van der Waals surface area contributed by atoms with Crippen molar-refractivity contribution in [3.05, 3.63) is 15.6 Å². The zero-order valence-corrected chi connectivity index (χ0v) is 15.2. The minimum absolute atomic E-state index is 0.112. The molecule has 1 saturated heterocycles. The summed E-state index contributed by atoms with van der Waals surface area (Å²) in [6.45, 7) is 6.87. The maximum atomic E-state index is 12.4. The van der Waals surface area contributed by atoms with Crippen molar-refractivity contribution in [2.75, 3.05) is 20.1 Å². The van der Waals surface area contributed by atoms with Gasteiger partial charge in [0.2, 0.25) is 10.0 Å². The van der Waals surface area contributed by atoms with Gasteiger partial charge in [0.1, 0.15) is 0 Å². The lowest BCUT2D eigenvalue weighted by atomic mass is 10.1. The Labute approximate surface area is 137 Å². The smallest absolute Gasteiger partial charge is 0.217 e. The van der Waals surface area contributed by atoms with Crippen LogP contribution in [0.25, 0.3) is 0 Å². The summed E-state index contributed by atoms with van der Waals surface area (Å²) >= 11 is 1.75. The topological polar surface area (TPSA) is 53.5 Å². The van der Waals surface area contributed by atoms with Crippen LogP contribution >= 0.6 is 11.3 Å². The molecule has 0 aromatic carbocycles. The number of likely N-dealkylation sites (N-methyl/N-ethyl adjacent to an activating group) is 1. The number of thiazole rings is 1. The molecule has 1 atom stereocenters. The van der Waals surface area contributed by atoms with Crippen LogP contribution in [0.3, 0.4) is 0 Å². The SMILES string of the molecule is Cc1nc(C)c(CN2CCCC(N(C)S(=O)(=O)C3CC3)C2)s1. The van der Waals surface area contributed by atoms with Crippen molar-refractivity contribution in [2.45, 2.75) is 57.4 Å². The van der Waals surface area contributed by atoms with E-state index in [1.54, 1.807) is 22.7 Å². The van der Waals surface area contributed by atoms with E-state index in [1.807, 2.05) is 6.92 Å². The van der Waals surface area contributed by atoms with Crippen molar-refractivity contribution in [3.8, 4) is 0 Å². The Morgan fingerprint density at radius 2 is 2.05 bits per heavy atom. The highest BCUT2D eigenvalue weighted by Crippen LogP contribution is 2.32. The second kappa shape index (κ2) is 6.19. The number of aromatic nitrogens is 1. The molecule has 2 heterocycles. The maximum absolute atomic E-state index is 12.4. The zero-order valence-electron chi connectivity index (χ0n) is 13.6. The summed E-state index contributed by atoms with van der Waals surface area (Å²) in [5, 5.41) is 0.994. The molecule has 7 heteroatoms. The van der Waals surface area contributed by atoms with Crippen LogP contribution in [0.4, 0.5) is 0 Å². The second-order valence-corrected chi connectivity index (χ2v) is 10.1. The van der Waals surface area contributed by atoms with Gasteiger partial charge in [0.15, 0.2) is 0 Å². The first kappa shape index (κ1) is 16.4. The molecule has 0 bridgehead atoms. The molecule has 2 fully saturated rings. The molecule has 0 radical (unpaired) electrons. The minimum atomic E-state index is -3.07. The first-order chi connectivity index (χ1) is 10.4. The second-order valence-electron chi connectivity index (χ2n) is 6.53. The molecule has 1 unspecified atom stereocenters. The molecule has 0 amide bonds. The third-order valence-electron chi connectivity index (χ3n) is 4.71. The van der Waals surface area contributed by atoms with Gasteiger partial charge < -0.3 is 0 Å². The molecule has 2 aliphatic rings. The molecule has 5 nitrogen and oxygen atoms in total. The molecule has 22 heavy (non-hydrogen) atoms. The molecule has 1 aliphatic carbocycles. The lowest BCUT2D eigenvalue weighted by Gasteiger charge is -2.37. The summed E-state index contributed by atoms with van der Waals surface area (Å²) in [5.74, 6) is 0. The van der Waals surface area contributed by atoms with Gasteiger partial charge in [-0.1, -0.05) is 0 Å². The van der Waals surface area contributed by atoms with E-state index in [1.165, 1.54) is 4.88 Å². The van der Waals surface area contributed by atoms with Gasteiger partial charge in [-0.05, 0) is 46.1 Å². The Bertz CT molecular complexity index is 637. The van der Waals surface area contributed by atoms with Crippen molar-refractivity contribution >= 4 is 21.4 Å². The molecule has 1 aromatic heterocycles. The first-order valence-corrected chi connectivity index (χ1v) is 10.3. The third kappa shape index (κ3) is 3.37. The van der Waals surface area contributed by atoms with Crippen LogP contribution in [0.5, 0.6) is 0 Å². The molecule has 3 rings (SSSR count). The summed E-state index contributed by atoms with van der Waals surface area (Å²) in [6.07, 6.45) is 3.70. The van der Waals surface area contributed by atoms with Gasteiger partial charge in [-0.2, -0.15) is 0 Å². The predicted molar refractivity (Wildman–Crippen MR) is 89.6 cm³/mol. The fourth-order valence-electron chi connectivity index (χ4n) is 3.20. The van der Waals surface area contributed by atoms with Crippen molar-refractivity contribution in [1.29, 1.82) is 0 Å². The van der Waals surface area contributed by atoms with Gasteiger partial charge in [0, 0.05) is 31.1 Å². The molecule has 124 valence electrons. The number of nitrogens with zero attached hydrogens (tertiary/aromatic N) is 3. The van der Waals surface area contributed by atoms with Crippen LogP contribution in [0.2, 0.25) is 0 Å². The Morgan fingerprint density at radius 3 is 2.64 bits per heavy atom. The predicted octanol–water partition coefficient (Wildman–Crippen LogP) is 2.15. The van der Waals surface area contributed by atoms with E-state index in [0.717, 1.165) is 56.0 Å². The lowest BCUT2D eigenvalue weighted by Crippen LogP contribution is -2.48. The third-order valence-corrected chi connectivity index (χ3v) is 8.18. The summed E-state index contributed by atoms with van der Waals surface area (Å²) < 4.78 is 26.5. The number of aryl methyl sites for hydroxylation is 2. The number of sulfonamides is 1. The largest absolute Gasteiger partial charge is 0.297 e. The van der Waals surface area contributed by atoms with Gasteiger partial charge in [0.05, 0.1) is 16.0 Å². The minimum Gasteiger partial charge on any atom is -0.297 e. The van der Waals surface area contributed by atoms with Crippen molar-refractivity contribution in [2.24, 2.45) is 0 Å². The van der Waals surface area contributed by atoms with Crippen LogP contribution in [0, 0.1) is 13.8 Å². The van der Waals surface area contributed by atoms with Crippen LogP contribution in [0.15, 0.2) is 0 Å².